The maximum atomic E-state index is 12.5. The van der Waals surface area contributed by atoms with Crippen molar-refractivity contribution in [3.63, 3.8) is 0 Å². The Hall–Kier alpha value is -1.43. The van der Waals surface area contributed by atoms with E-state index in [0.29, 0.717) is 13.1 Å². The number of thiazole rings is 1. The first kappa shape index (κ1) is 17.4. The van der Waals surface area contributed by atoms with Crippen molar-refractivity contribution >= 4 is 28.3 Å². The number of hydrogen-bond acceptors (Lipinski definition) is 4. The van der Waals surface area contributed by atoms with Crippen LogP contribution in [0.5, 0.6) is 0 Å². The minimum absolute atomic E-state index is 0.00934. The molecule has 0 unspecified atom stereocenters. The average Bonchev–Trinajstić information content (AvgIpc) is 2.82. The summed E-state index contributed by atoms with van der Waals surface area (Å²) >= 11 is 1.64. The van der Waals surface area contributed by atoms with E-state index in [1.807, 2.05) is 18.7 Å². The Morgan fingerprint density at radius 3 is 2.58 bits per heavy atom. The van der Waals surface area contributed by atoms with Crippen molar-refractivity contribution in [1.29, 1.82) is 0 Å². The van der Waals surface area contributed by atoms with Gasteiger partial charge in [0.05, 0.1) is 5.69 Å². The number of anilines is 1. The summed E-state index contributed by atoms with van der Waals surface area (Å²) in [5.74, 6) is 0.277. The number of carbonyl (C=O) groups is 2. The van der Waals surface area contributed by atoms with Gasteiger partial charge in [0.1, 0.15) is 0 Å². The second-order valence-electron chi connectivity index (χ2n) is 7.19. The molecule has 1 N–H and O–H groups in total. The van der Waals surface area contributed by atoms with Crippen LogP contribution in [0, 0.1) is 11.8 Å². The van der Waals surface area contributed by atoms with Crippen molar-refractivity contribution in [2.75, 3.05) is 18.4 Å². The number of hydrogen-bond donors (Lipinski definition) is 1. The summed E-state index contributed by atoms with van der Waals surface area (Å²) in [6.07, 6.45) is 7.33. The molecule has 24 heavy (non-hydrogen) atoms. The SMILES string of the molecule is CC(C)C(=O)N1CCC(C(=O)Nc2nc3c(s2)CCCCC3)CC1. The molecule has 2 amide bonds. The molecule has 1 saturated heterocycles. The van der Waals surface area contributed by atoms with Gasteiger partial charge in [-0.25, -0.2) is 4.98 Å². The van der Waals surface area contributed by atoms with Gasteiger partial charge < -0.3 is 10.2 Å². The lowest BCUT2D eigenvalue weighted by molar-refractivity contribution is -0.137. The zero-order valence-corrected chi connectivity index (χ0v) is 15.5. The number of nitrogens with one attached hydrogen (secondary N) is 1. The molecule has 0 aromatic carbocycles. The third-order valence-corrected chi connectivity index (χ3v) is 6.07. The van der Waals surface area contributed by atoms with E-state index in [4.69, 9.17) is 0 Å². The quantitative estimate of drug-likeness (QED) is 0.852. The lowest BCUT2D eigenvalue weighted by atomic mass is 9.95. The Labute approximate surface area is 147 Å². The second-order valence-corrected chi connectivity index (χ2v) is 8.28. The number of fused-ring (bicyclic) bond motifs is 1. The molecule has 0 atom stereocenters. The van der Waals surface area contributed by atoms with Gasteiger partial charge >= 0.3 is 0 Å². The number of likely N-dealkylation sites (tertiary alicyclic amines) is 1. The van der Waals surface area contributed by atoms with Crippen molar-refractivity contribution in [1.82, 2.24) is 9.88 Å². The first-order valence-corrected chi connectivity index (χ1v) is 9.94. The molecule has 2 heterocycles. The van der Waals surface area contributed by atoms with Crippen molar-refractivity contribution in [3.05, 3.63) is 10.6 Å². The molecular weight excluding hydrogens is 322 g/mol. The largest absolute Gasteiger partial charge is 0.342 e. The molecule has 1 aromatic rings. The van der Waals surface area contributed by atoms with Gasteiger partial charge in [0.25, 0.3) is 0 Å². The van der Waals surface area contributed by atoms with Crippen LogP contribution in [0.1, 0.15) is 56.5 Å². The van der Waals surface area contributed by atoms with Crippen LogP contribution in [-0.2, 0) is 22.4 Å². The fourth-order valence-electron chi connectivity index (χ4n) is 3.52. The maximum absolute atomic E-state index is 12.5. The lowest BCUT2D eigenvalue weighted by Crippen LogP contribution is -2.43. The van der Waals surface area contributed by atoms with Gasteiger partial charge in [-0.2, -0.15) is 0 Å². The van der Waals surface area contributed by atoms with Crippen LogP contribution in [0.15, 0.2) is 0 Å². The Balaban J connectivity index is 1.54. The van der Waals surface area contributed by atoms with Crippen molar-refractivity contribution in [2.24, 2.45) is 11.8 Å². The number of amides is 2. The van der Waals surface area contributed by atoms with E-state index in [0.717, 1.165) is 30.8 Å². The highest BCUT2D eigenvalue weighted by atomic mass is 32.1. The van der Waals surface area contributed by atoms with E-state index in [1.54, 1.807) is 11.3 Å². The van der Waals surface area contributed by atoms with Gasteiger partial charge in [0.15, 0.2) is 5.13 Å². The van der Waals surface area contributed by atoms with Crippen LogP contribution in [-0.4, -0.2) is 34.8 Å². The zero-order valence-electron chi connectivity index (χ0n) is 14.6. The van der Waals surface area contributed by atoms with Crippen LogP contribution in [0.3, 0.4) is 0 Å². The maximum Gasteiger partial charge on any atom is 0.229 e. The molecule has 6 heteroatoms. The second kappa shape index (κ2) is 7.64. The molecule has 132 valence electrons. The highest BCUT2D eigenvalue weighted by Crippen LogP contribution is 2.30. The van der Waals surface area contributed by atoms with Gasteiger partial charge in [0, 0.05) is 29.8 Å². The minimum Gasteiger partial charge on any atom is -0.342 e. The lowest BCUT2D eigenvalue weighted by Gasteiger charge is -2.32. The standard InChI is InChI=1S/C18H27N3O2S/c1-12(2)17(23)21-10-8-13(9-11-21)16(22)20-18-19-14-6-4-3-5-7-15(14)24-18/h12-13H,3-11H2,1-2H3,(H,19,20,22). The fraction of sp³-hybridized carbons (Fsp3) is 0.722. The molecule has 0 spiro atoms. The molecule has 1 fully saturated rings. The van der Waals surface area contributed by atoms with Gasteiger partial charge in [-0.15, -0.1) is 11.3 Å². The van der Waals surface area contributed by atoms with Gasteiger partial charge in [-0.05, 0) is 38.5 Å². The Kier molecular flexibility index (Phi) is 5.54. The summed E-state index contributed by atoms with van der Waals surface area (Å²) in [6, 6.07) is 0. The molecule has 1 aromatic heterocycles. The minimum atomic E-state index is -0.00934. The molecule has 0 saturated carbocycles. The van der Waals surface area contributed by atoms with E-state index in [1.165, 1.54) is 29.8 Å². The molecule has 1 aliphatic heterocycles. The topological polar surface area (TPSA) is 62.3 Å². The van der Waals surface area contributed by atoms with Crippen LogP contribution < -0.4 is 5.32 Å². The number of piperidine rings is 1. The summed E-state index contributed by atoms with van der Waals surface area (Å²) in [5, 5.41) is 3.78. The zero-order chi connectivity index (χ0) is 17.1. The smallest absolute Gasteiger partial charge is 0.229 e. The normalized spacial score (nSPS) is 19.0. The highest BCUT2D eigenvalue weighted by Gasteiger charge is 2.28. The molecule has 2 aliphatic rings. The summed E-state index contributed by atoms with van der Waals surface area (Å²) < 4.78 is 0. The molecule has 3 rings (SSSR count). The summed E-state index contributed by atoms with van der Waals surface area (Å²) in [7, 11) is 0. The number of aryl methyl sites for hydroxylation is 2. The van der Waals surface area contributed by atoms with Crippen LogP contribution in [0.25, 0.3) is 0 Å². The molecule has 1 aliphatic carbocycles. The first-order valence-electron chi connectivity index (χ1n) is 9.13. The monoisotopic (exact) mass is 349 g/mol. The van der Waals surface area contributed by atoms with Crippen molar-refractivity contribution in [2.45, 2.75) is 58.8 Å². The summed E-state index contributed by atoms with van der Waals surface area (Å²) in [5.41, 5.74) is 1.19. The summed E-state index contributed by atoms with van der Waals surface area (Å²) in [6.45, 7) is 5.22. The molecule has 5 nitrogen and oxygen atoms in total. The van der Waals surface area contributed by atoms with Gasteiger partial charge in [-0.1, -0.05) is 20.3 Å². The Morgan fingerprint density at radius 2 is 1.88 bits per heavy atom. The third-order valence-electron chi connectivity index (χ3n) is 5.00. The van der Waals surface area contributed by atoms with Crippen molar-refractivity contribution < 1.29 is 9.59 Å². The predicted octanol–water partition coefficient (Wildman–Crippen LogP) is 3.25. The predicted molar refractivity (Wildman–Crippen MR) is 96.1 cm³/mol. The fourth-order valence-corrected chi connectivity index (χ4v) is 4.57. The third kappa shape index (κ3) is 3.97. The van der Waals surface area contributed by atoms with E-state index in [2.05, 4.69) is 10.3 Å². The van der Waals surface area contributed by atoms with E-state index in [9.17, 15) is 9.59 Å². The summed E-state index contributed by atoms with van der Waals surface area (Å²) in [4.78, 5) is 32.4. The molecular formula is C18H27N3O2S. The van der Waals surface area contributed by atoms with Crippen molar-refractivity contribution in [3.8, 4) is 0 Å². The molecule has 0 bridgehead atoms. The highest BCUT2D eigenvalue weighted by molar-refractivity contribution is 7.15. The Bertz CT molecular complexity index is 580. The van der Waals surface area contributed by atoms with Crippen LogP contribution in [0.4, 0.5) is 5.13 Å². The number of carbonyl (C=O) groups excluding carboxylic acids is 2. The van der Waals surface area contributed by atoms with Gasteiger partial charge in [0.2, 0.25) is 11.8 Å². The first-order chi connectivity index (χ1) is 11.5. The number of nitrogens with zero attached hydrogens (tertiary/aromatic N) is 2. The number of rotatable bonds is 3. The Morgan fingerprint density at radius 1 is 1.17 bits per heavy atom. The number of aromatic nitrogens is 1. The van der Waals surface area contributed by atoms with Gasteiger partial charge in [-0.3, -0.25) is 9.59 Å². The molecule has 0 radical (unpaired) electrons. The average molecular weight is 350 g/mol. The van der Waals surface area contributed by atoms with Crippen LogP contribution >= 0.6 is 11.3 Å². The van der Waals surface area contributed by atoms with Crippen LogP contribution in [0.2, 0.25) is 0 Å². The van der Waals surface area contributed by atoms with E-state index >= 15 is 0 Å². The van der Waals surface area contributed by atoms with E-state index in [-0.39, 0.29) is 23.7 Å². The van der Waals surface area contributed by atoms with E-state index < -0.39 is 0 Å².